The Morgan fingerprint density at radius 2 is 1.90 bits per heavy atom. The van der Waals surface area contributed by atoms with Gasteiger partial charge in [0.2, 0.25) is 0 Å². The number of nitrogens with one attached hydrogen (secondary N) is 1. The molecule has 1 N–H and O–H groups in total. The van der Waals surface area contributed by atoms with E-state index in [1.54, 1.807) is 6.92 Å². The average Bonchev–Trinajstić information content (AvgIpc) is 2.27. The summed E-state index contributed by atoms with van der Waals surface area (Å²) in [5.41, 5.74) is 2.18. The van der Waals surface area contributed by atoms with Crippen molar-refractivity contribution in [3.63, 3.8) is 0 Å². The van der Waals surface area contributed by atoms with Crippen molar-refractivity contribution in [1.29, 1.82) is 0 Å². The van der Waals surface area contributed by atoms with E-state index in [4.69, 9.17) is 4.74 Å². The molecule has 0 aliphatic heterocycles. The summed E-state index contributed by atoms with van der Waals surface area (Å²) in [5.74, 6) is 0.159. The fourth-order valence-corrected chi connectivity index (χ4v) is 1.69. The maximum atomic E-state index is 11.8. The molecule has 0 bridgehead atoms. The summed E-state index contributed by atoms with van der Waals surface area (Å²) in [6, 6.07) is 5.79. The van der Waals surface area contributed by atoms with Crippen LogP contribution in [-0.4, -0.2) is 17.5 Å². The van der Waals surface area contributed by atoms with Crippen LogP contribution < -0.4 is 5.32 Å². The van der Waals surface area contributed by atoms with Gasteiger partial charge < -0.3 is 9.53 Å². The molecule has 0 aromatic heterocycles. The van der Waals surface area contributed by atoms with Crippen LogP contribution in [0.5, 0.6) is 0 Å². The molecule has 4 heteroatoms. The molecule has 0 fully saturated rings. The van der Waals surface area contributed by atoms with Gasteiger partial charge in [-0.3, -0.25) is 5.32 Å². The predicted molar refractivity (Wildman–Crippen MR) is 80.0 cm³/mol. The molecule has 1 rings (SSSR count). The van der Waals surface area contributed by atoms with E-state index in [2.05, 4.69) is 5.32 Å². The molecule has 4 nitrogen and oxygen atoms in total. The van der Waals surface area contributed by atoms with Crippen LogP contribution >= 0.6 is 0 Å². The summed E-state index contributed by atoms with van der Waals surface area (Å²) in [7, 11) is 0. The quantitative estimate of drug-likeness (QED) is 0.909. The number of benzene rings is 1. The average molecular weight is 277 g/mol. The van der Waals surface area contributed by atoms with Crippen molar-refractivity contribution in [2.45, 2.75) is 53.1 Å². The molecular weight excluding hydrogens is 254 g/mol. The molecule has 1 amide bonds. The monoisotopic (exact) mass is 277 g/mol. The van der Waals surface area contributed by atoms with Crippen LogP contribution in [-0.2, 0) is 16.0 Å². The number of ether oxygens (including phenoxy) is 1. The fraction of sp³-hybridized carbons (Fsp3) is 0.500. The van der Waals surface area contributed by atoms with Gasteiger partial charge in [0.1, 0.15) is 11.4 Å². The zero-order valence-electron chi connectivity index (χ0n) is 12.9. The Hall–Kier alpha value is -1.84. The van der Waals surface area contributed by atoms with Gasteiger partial charge in [-0.05, 0) is 58.2 Å². The first kappa shape index (κ1) is 16.2. The summed E-state index contributed by atoms with van der Waals surface area (Å²) < 4.78 is 5.23. The lowest BCUT2D eigenvalue weighted by Gasteiger charge is -2.20. The van der Waals surface area contributed by atoms with E-state index >= 15 is 0 Å². The number of amides is 1. The van der Waals surface area contributed by atoms with Crippen molar-refractivity contribution < 1.29 is 14.3 Å². The van der Waals surface area contributed by atoms with Gasteiger partial charge in [-0.2, -0.15) is 0 Å². The largest absolute Gasteiger partial charge is 0.444 e. The standard InChI is InChI=1S/C16H23NO3/c1-11-6-8-13(9-7-12(2)18)10-14(11)17-15(19)20-16(3,4)5/h6,8,10H,7,9H2,1-5H3,(H,17,19). The number of anilines is 1. The minimum atomic E-state index is -0.524. The van der Waals surface area contributed by atoms with Gasteiger partial charge >= 0.3 is 6.09 Å². The normalized spacial score (nSPS) is 11.1. The SMILES string of the molecule is CC(=O)CCc1ccc(C)c(NC(=O)OC(C)(C)C)c1. The Bertz CT molecular complexity index is 501. The molecule has 1 aromatic rings. The van der Waals surface area contributed by atoms with Crippen LogP contribution in [0.25, 0.3) is 0 Å². The van der Waals surface area contributed by atoms with Gasteiger partial charge in [0, 0.05) is 12.1 Å². The molecule has 0 radical (unpaired) electrons. The van der Waals surface area contributed by atoms with Crippen LogP contribution in [0.15, 0.2) is 18.2 Å². The molecular formula is C16H23NO3. The highest BCUT2D eigenvalue weighted by atomic mass is 16.6. The Kier molecular flexibility index (Phi) is 5.31. The Balaban J connectivity index is 2.76. The summed E-state index contributed by atoms with van der Waals surface area (Å²) in [6.45, 7) is 8.96. The van der Waals surface area contributed by atoms with Crippen molar-refractivity contribution in [3.05, 3.63) is 29.3 Å². The second-order valence-electron chi connectivity index (χ2n) is 5.98. The molecule has 0 aliphatic rings. The van der Waals surface area contributed by atoms with Gasteiger partial charge in [-0.1, -0.05) is 12.1 Å². The van der Waals surface area contributed by atoms with Crippen LogP contribution in [0.4, 0.5) is 10.5 Å². The highest BCUT2D eigenvalue weighted by Crippen LogP contribution is 2.19. The third-order valence-corrected chi connectivity index (χ3v) is 2.70. The number of aryl methyl sites for hydroxylation is 2. The Morgan fingerprint density at radius 3 is 2.45 bits per heavy atom. The van der Waals surface area contributed by atoms with Gasteiger partial charge in [0.15, 0.2) is 0 Å². The molecule has 1 aromatic carbocycles. The van der Waals surface area contributed by atoms with Gasteiger partial charge in [0.05, 0.1) is 0 Å². The molecule has 0 unspecified atom stereocenters. The molecule has 110 valence electrons. The zero-order chi connectivity index (χ0) is 15.3. The molecule has 0 saturated heterocycles. The number of rotatable bonds is 4. The molecule has 20 heavy (non-hydrogen) atoms. The van der Waals surface area contributed by atoms with Crippen LogP contribution in [0, 0.1) is 6.92 Å². The zero-order valence-corrected chi connectivity index (χ0v) is 12.9. The van der Waals surface area contributed by atoms with Gasteiger partial charge in [-0.25, -0.2) is 4.79 Å². The number of Topliss-reactive ketones (excluding diaryl/α,β-unsaturated/α-hetero) is 1. The molecule has 0 atom stereocenters. The molecule has 0 saturated carbocycles. The van der Waals surface area contributed by atoms with E-state index in [0.717, 1.165) is 16.8 Å². The molecule has 0 aliphatic carbocycles. The number of carbonyl (C=O) groups is 2. The fourth-order valence-electron chi connectivity index (χ4n) is 1.69. The predicted octanol–water partition coefficient (Wildman–Crippen LogP) is 3.86. The maximum absolute atomic E-state index is 11.8. The maximum Gasteiger partial charge on any atom is 0.412 e. The second-order valence-corrected chi connectivity index (χ2v) is 5.98. The highest BCUT2D eigenvalue weighted by molar-refractivity contribution is 5.86. The first-order chi connectivity index (χ1) is 9.17. The topological polar surface area (TPSA) is 55.4 Å². The van der Waals surface area contributed by atoms with Crippen molar-refractivity contribution in [2.75, 3.05) is 5.32 Å². The van der Waals surface area contributed by atoms with Crippen molar-refractivity contribution >= 4 is 17.6 Å². The number of hydrogen-bond donors (Lipinski definition) is 1. The van der Waals surface area contributed by atoms with E-state index in [-0.39, 0.29) is 5.78 Å². The van der Waals surface area contributed by atoms with Crippen molar-refractivity contribution in [1.82, 2.24) is 0 Å². The number of hydrogen-bond acceptors (Lipinski definition) is 3. The van der Waals surface area contributed by atoms with Crippen LogP contribution in [0.1, 0.15) is 45.2 Å². The summed E-state index contributed by atoms with van der Waals surface area (Å²) in [6.07, 6.45) is 0.720. The number of carbonyl (C=O) groups excluding carboxylic acids is 2. The minimum Gasteiger partial charge on any atom is -0.444 e. The lowest BCUT2D eigenvalue weighted by atomic mass is 10.0. The minimum absolute atomic E-state index is 0.159. The van der Waals surface area contributed by atoms with Crippen molar-refractivity contribution in [2.24, 2.45) is 0 Å². The van der Waals surface area contributed by atoms with E-state index < -0.39 is 11.7 Å². The van der Waals surface area contributed by atoms with Crippen molar-refractivity contribution in [3.8, 4) is 0 Å². The smallest absolute Gasteiger partial charge is 0.412 e. The van der Waals surface area contributed by atoms with E-state index in [1.807, 2.05) is 45.9 Å². The summed E-state index contributed by atoms with van der Waals surface area (Å²) >= 11 is 0. The summed E-state index contributed by atoms with van der Waals surface area (Å²) in [4.78, 5) is 22.8. The summed E-state index contributed by atoms with van der Waals surface area (Å²) in [5, 5.41) is 2.75. The first-order valence-corrected chi connectivity index (χ1v) is 6.76. The second kappa shape index (κ2) is 6.55. The third-order valence-electron chi connectivity index (χ3n) is 2.70. The third kappa shape index (κ3) is 5.87. The first-order valence-electron chi connectivity index (χ1n) is 6.76. The lowest BCUT2D eigenvalue weighted by Crippen LogP contribution is -2.27. The van der Waals surface area contributed by atoms with E-state index in [0.29, 0.717) is 12.8 Å². The molecule has 0 spiro atoms. The van der Waals surface area contributed by atoms with Crippen LogP contribution in [0.2, 0.25) is 0 Å². The lowest BCUT2D eigenvalue weighted by molar-refractivity contribution is -0.116. The Labute approximate surface area is 120 Å². The van der Waals surface area contributed by atoms with E-state index in [1.165, 1.54) is 0 Å². The molecule has 0 heterocycles. The Morgan fingerprint density at radius 1 is 1.25 bits per heavy atom. The van der Waals surface area contributed by atoms with Crippen LogP contribution in [0.3, 0.4) is 0 Å². The highest BCUT2D eigenvalue weighted by Gasteiger charge is 2.16. The number of ketones is 1. The van der Waals surface area contributed by atoms with Gasteiger partial charge in [-0.15, -0.1) is 0 Å². The van der Waals surface area contributed by atoms with Gasteiger partial charge in [0.25, 0.3) is 0 Å². The van der Waals surface area contributed by atoms with E-state index in [9.17, 15) is 9.59 Å².